The van der Waals surface area contributed by atoms with Crippen LogP contribution in [0.4, 0.5) is 0 Å². The van der Waals surface area contributed by atoms with Crippen LogP contribution in [-0.2, 0) is 0 Å². The number of rotatable bonds is 5. The number of nitrogens with zero attached hydrogens (tertiary/aromatic N) is 4. The van der Waals surface area contributed by atoms with Crippen LogP contribution in [0.25, 0.3) is 117 Å². The summed E-state index contributed by atoms with van der Waals surface area (Å²) in [7, 11) is 0. The van der Waals surface area contributed by atoms with Crippen molar-refractivity contribution >= 4 is 65.7 Å². The first-order chi connectivity index (χ1) is 28.2. The number of aromatic nitrogens is 4. The number of hydrogen-bond donors (Lipinski definition) is 0. The highest BCUT2D eigenvalue weighted by Gasteiger charge is 2.23. The molecule has 57 heavy (non-hydrogen) atoms. The van der Waals surface area contributed by atoms with Gasteiger partial charge in [-0.2, -0.15) is 0 Å². The summed E-state index contributed by atoms with van der Waals surface area (Å²) in [6.45, 7) is 0. The summed E-state index contributed by atoms with van der Waals surface area (Å²) in [6, 6.07) is 62.7. The second kappa shape index (κ2) is 12.3. The topological polar surface area (TPSA) is 69.9 Å². The molecule has 266 valence electrons. The minimum Gasteiger partial charge on any atom is -0.455 e. The second-order valence-electron chi connectivity index (χ2n) is 14.4. The molecule has 12 rings (SSSR count). The molecule has 0 N–H and O–H groups in total. The van der Waals surface area contributed by atoms with Crippen molar-refractivity contribution < 1.29 is 8.83 Å². The number of hydrogen-bond acceptors (Lipinski definition) is 5. The van der Waals surface area contributed by atoms with Crippen molar-refractivity contribution in [1.82, 2.24) is 19.5 Å². The van der Waals surface area contributed by atoms with E-state index in [0.717, 1.165) is 82.8 Å². The first-order valence-corrected chi connectivity index (χ1v) is 19.0. The Balaban J connectivity index is 1.18. The molecule has 0 atom stereocenters. The molecule has 0 aliphatic heterocycles. The molecular weight excluding hydrogens is 701 g/mol. The molecule has 0 spiro atoms. The summed E-state index contributed by atoms with van der Waals surface area (Å²) in [6.07, 6.45) is 0. The monoisotopic (exact) mass is 730 g/mol. The number of fused-ring (bicyclic) bond motifs is 9. The fourth-order valence-electron chi connectivity index (χ4n) is 8.43. The van der Waals surface area contributed by atoms with Crippen LogP contribution in [-0.4, -0.2) is 19.5 Å². The van der Waals surface area contributed by atoms with Crippen molar-refractivity contribution in [1.29, 1.82) is 0 Å². The smallest absolute Gasteiger partial charge is 0.167 e. The number of benzene rings is 8. The Hall–Kier alpha value is -7.83. The van der Waals surface area contributed by atoms with Crippen molar-refractivity contribution in [3.05, 3.63) is 182 Å². The normalized spacial score (nSPS) is 11.9. The fraction of sp³-hybridized carbons (Fsp3) is 0. The second-order valence-corrected chi connectivity index (χ2v) is 14.4. The van der Waals surface area contributed by atoms with Gasteiger partial charge in [-0.3, -0.25) is 0 Å². The third kappa shape index (κ3) is 4.94. The maximum Gasteiger partial charge on any atom is 0.167 e. The molecule has 0 radical (unpaired) electrons. The molecule has 0 saturated heterocycles. The van der Waals surface area contributed by atoms with Crippen LogP contribution in [0, 0.1) is 0 Å². The van der Waals surface area contributed by atoms with Gasteiger partial charge in [0.25, 0.3) is 0 Å². The minimum atomic E-state index is 0.502. The number of para-hydroxylation sites is 4. The van der Waals surface area contributed by atoms with Gasteiger partial charge in [-0.25, -0.2) is 15.0 Å². The van der Waals surface area contributed by atoms with Crippen LogP contribution < -0.4 is 0 Å². The number of furan rings is 2. The molecule has 0 fully saturated rings. The van der Waals surface area contributed by atoms with Crippen molar-refractivity contribution in [2.24, 2.45) is 0 Å². The Bertz CT molecular complexity index is 3470. The van der Waals surface area contributed by atoms with Crippen molar-refractivity contribution in [3.8, 4) is 51.0 Å². The van der Waals surface area contributed by atoms with Crippen LogP contribution >= 0.6 is 0 Å². The van der Waals surface area contributed by atoms with Gasteiger partial charge in [0.15, 0.2) is 17.5 Å². The highest BCUT2D eigenvalue weighted by Crippen LogP contribution is 2.42. The largest absolute Gasteiger partial charge is 0.455 e. The fourth-order valence-corrected chi connectivity index (χ4v) is 8.43. The zero-order chi connectivity index (χ0) is 37.5. The maximum absolute atomic E-state index is 6.92. The van der Waals surface area contributed by atoms with Crippen molar-refractivity contribution in [2.45, 2.75) is 0 Å². The minimum absolute atomic E-state index is 0.502. The molecule has 0 unspecified atom stereocenters. The third-order valence-corrected chi connectivity index (χ3v) is 11.1. The van der Waals surface area contributed by atoms with E-state index in [2.05, 4.69) is 120 Å². The van der Waals surface area contributed by atoms with Crippen LogP contribution in [0.5, 0.6) is 0 Å². The summed E-state index contributed by atoms with van der Waals surface area (Å²) >= 11 is 0. The Morgan fingerprint density at radius 1 is 0.333 bits per heavy atom. The average Bonchev–Trinajstić information content (AvgIpc) is 3.96. The molecule has 0 bridgehead atoms. The lowest BCUT2D eigenvalue weighted by atomic mass is 10.0. The molecule has 0 aliphatic carbocycles. The zero-order valence-electron chi connectivity index (χ0n) is 30.4. The Morgan fingerprint density at radius 3 is 1.65 bits per heavy atom. The summed E-state index contributed by atoms with van der Waals surface area (Å²) in [4.78, 5) is 15.7. The van der Waals surface area contributed by atoms with Gasteiger partial charge in [0.2, 0.25) is 0 Å². The highest BCUT2D eigenvalue weighted by molar-refractivity contribution is 6.13. The van der Waals surface area contributed by atoms with Crippen molar-refractivity contribution in [2.75, 3.05) is 0 Å². The standard InChI is InChI=1S/C51H30N4O2/c1-3-14-31(15-4-1)33-26-27-38-41-29-34(55-43-23-10-7-18-35(43)36-19-8-11-24-44(36)55)30-42(48(41)57-46(38)28-33)51-53-49(32-16-5-2-6-17-32)52-50(54-51)40-22-13-21-39-37-20-9-12-25-45(37)56-47(39)40/h1-30H. The quantitative estimate of drug-likeness (QED) is 0.176. The van der Waals surface area contributed by atoms with E-state index in [1.807, 2.05) is 66.7 Å². The van der Waals surface area contributed by atoms with E-state index >= 15 is 0 Å². The molecule has 4 heterocycles. The molecular formula is C51H30N4O2. The van der Waals surface area contributed by atoms with Crippen LogP contribution in [0.2, 0.25) is 0 Å². The molecule has 8 aromatic carbocycles. The molecule has 0 aliphatic rings. The van der Waals surface area contributed by atoms with E-state index in [9.17, 15) is 0 Å². The predicted octanol–water partition coefficient (Wildman–Crippen LogP) is 13.4. The van der Waals surface area contributed by atoms with E-state index in [1.165, 1.54) is 10.8 Å². The van der Waals surface area contributed by atoms with Crippen LogP contribution in [0.15, 0.2) is 191 Å². The zero-order valence-corrected chi connectivity index (χ0v) is 30.4. The lowest BCUT2D eigenvalue weighted by Gasteiger charge is -2.12. The van der Waals surface area contributed by atoms with E-state index in [1.54, 1.807) is 0 Å². The van der Waals surface area contributed by atoms with Gasteiger partial charge in [-0.05, 0) is 59.7 Å². The SMILES string of the molecule is c1ccc(-c2ccc3c(c2)oc2c(-c4nc(-c5ccccc5)nc(-c5cccc6c5oc5ccccc56)n4)cc(-n4c5ccccc5c5ccccc54)cc23)cc1. The van der Waals surface area contributed by atoms with Gasteiger partial charge in [-0.1, -0.05) is 133 Å². The third-order valence-electron chi connectivity index (χ3n) is 11.1. The summed E-state index contributed by atoms with van der Waals surface area (Å²) in [5.41, 5.74) is 10.9. The molecule has 4 aromatic heterocycles. The van der Waals surface area contributed by atoms with E-state index in [0.29, 0.717) is 23.1 Å². The van der Waals surface area contributed by atoms with Gasteiger partial charge < -0.3 is 13.4 Å². The van der Waals surface area contributed by atoms with Crippen LogP contribution in [0.3, 0.4) is 0 Å². The van der Waals surface area contributed by atoms with Gasteiger partial charge in [0.1, 0.15) is 22.3 Å². The van der Waals surface area contributed by atoms with Gasteiger partial charge >= 0.3 is 0 Å². The summed E-state index contributed by atoms with van der Waals surface area (Å²) < 4.78 is 15.8. The van der Waals surface area contributed by atoms with Gasteiger partial charge in [0.05, 0.1) is 22.2 Å². The van der Waals surface area contributed by atoms with Crippen molar-refractivity contribution in [3.63, 3.8) is 0 Å². The molecule has 0 saturated carbocycles. The van der Waals surface area contributed by atoms with E-state index in [-0.39, 0.29) is 0 Å². The Labute approximate surface area is 325 Å². The molecule has 6 nitrogen and oxygen atoms in total. The first kappa shape index (κ1) is 31.5. The lowest BCUT2D eigenvalue weighted by Crippen LogP contribution is -2.01. The Kier molecular flexibility index (Phi) is 6.83. The van der Waals surface area contributed by atoms with Gasteiger partial charge in [0, 0.05) is 43.6 Å². The molecule has 12 aromatic rings. The maximum atomic E-state index is 6.92. The average molecular weight is 731 g/mol. The molecule has 0 amide bonds. The van der Waals surface area contributed by atoms with E-state index in [4.69, 9.17) is 23.8 Å². The first-order valence-electron chi connectivity index (χ1n) is 19.0. The lowest BCUT2D eigenvalue weighted by molar-refractivity contribution is 0.669. The molecule has 6 heteroatoms. The van der Waals surface area contributed by atoms with E-state index < -0.39 is 0 Å². The summed E-state index contributed by atoms with van der Waals surface area (Å²) in [5.74, 6) is 1.57. The van der Waals surface area contributed by atoms with Crippen LogP contribution in [0.1, 0.15) is 0 Å². The Morgan fingerprint density at radius 2 is 0.895 bits per heavy atom. The summed E-state index contributed by atoms with van der Waals surface area (Å²) in [5, 5.41) is 6.41. The highest BCUT2D eigenvalue weighted by atomic mass is 16.3. The van der Waals surface area contributed by atoms with Gasteiger partial charge in [-0.15, -0.1) is 0 Å². The predicted molar refractivity (Wildman–Crippen MR) is 230 cm³/mol.